The van der Waals surface area contributed by atoms with Crippen molar-refractivity contribution in [3.63, 3.8) is 0 Å². The van der Waals surface area contributed by atoms with Crippen LogP contribution in [0.4, 0.5) is 11.6 Å². The standard InChI is InChI=1S/C16H22N6O/c1-11-14(12(2)21(3)20-11)15(23)19-13-9-17-16(18-10-13)22-7-5-4-6-8-22/h9-10H,4-8H2,1-3H3,(H,19,23). The Balaban J connectivity index is 1.71. The minimum absolute atomic E-state index is 0.178. The van der Waals surface area contributed by atoms with Gasteiger partial charge in [0, 0.05) is 25.8 Å². The first kappa shape index (κ1) is 15.5. The summed E-state index contributed by atoms with van der Waals surface area (Å²) in [4.78, 5) is 23.4. The third-order valence-electron chi connectivity index (χ3n) is 4.27. The monoisotopic (exact) mass is 314 g/mol. The number of anilines is 2. The highest BCUT2D eigenvalue weighted by Crippen LogP contribution is 2.18. The number of aryl methyl sites for hydroxylation is 2. The number of carbonyl (C=O) groups excluding carboxylic acids is 1. The van der Waals surface area contributed by atoms with E-state index in [9.17, 15) is 4.79 Å². The van der Waals surface area contributed by atoms with Crippen LogP contribution >= 0.6 is 0 Å². The van der Waals surface area contributed by atoms with Crippen molar-refractivity contribution in [2.45, 2.75) is 33.1 Å². The van der Waals surface area contributed by atoms with Crippen molar-refractivity contribution >= 4 is 17.5 Å². The molecule has 23 heavy (non-hydrogen) atoms. The van der Waals surface area contributed by atoms with Crippen LogP contribution < -0.4 is 10.2 Å². The molecule has 0 unspecified atom stereocenters. The molecule has 1 aliphatic rings. The first-order chi connectivity index (χ1) is 11.1. The van der Waals surface area contributed by atoms with E-state index >= 15 is 0 Å². The largest absolute Gasteiger partial charge is 0.341 e. The second kappa shape index (κ2) is 6.36. The Bertz CT molecular complexity index is 700. The van der Waals surface area contributed by atoms with E-state index in [1.54, 1.807) is 17.1 Å². The summed E-state index contributed by atoms with van der Waals surface area (Å²) in [6.45, 7) is 5.71. The number of hydrogen-bond acceptors (Lipinski definition) is 5. The maximum Gasteiger partial charge on any atom is 0.259 e. The molecule has 1 N–H and O–H groups in total. The lowest BCUT2D eigenvalue weighted by Gasteiger charge is -2.26. The van der Waals surface area contributed by atoms with Gasteiger partial charge in [0.25, 0.3) is 5.91 Å². The van der Waals surface area contributed by atoms with Crippen molar-refractivity contribution in [2.75, 3.05) is 23.3 Å². The second-order valence-electron chi connectivity index (χ2n) is 5.94. The highest BCUT2D eigenvalue weighted by Gasteiger charge is 2.18. The number of amides is 1. The minimum Gasteiger partial charge on any atom is -0.341 e. The van der Waals surface area contributed by atoms with Crippen LogP contribution in [0.2, 0.25) is 0 Å². The Kier molecular flexibility index (Phi) is 4.27. The van der Waals surface area contributed by atoms with Gasteiger partial charge in [-0.15, -0.1) is 0 Å². The van der Waals surface area contributed by atoms with Gasteiger partial charge >= 0.3 is 0 Å². The molecule has 0 aliphatic carbocycles. The Morgan fingerprint density at radius 1 is 1.13 bits per heavy atom. The van der Waals surface area contributed by atoms with Gasteiger partial charge < -0.3 is 10.2 Å². The van der Waals surface area contributed by atoms with E-state index in [-0.39, 0.29) is 5.91 Å². The molecule has 0 spiro atoms. The third-order valence-corrected chi connectivity index (χ3v) is 4.27. The van der Waals surface area contributed by atoms with Crippen LogP contribution in [-0.4, -0.2) is 38.7 Å². The number of piperidine rings is 1. The fraction of sp³-hybridized carbons (Fsp3) is 0.500. The van der Waals surface area contributed by atoms with E-state index in [4.69, 9.17) is 0 Å². The number of rotatable bonds is 3. The van der Waals surface area contributed by atoms with E-state index in [1.807, 2.05) is 20.9 Å². The molecular formula is C16H22N6O. The van der Waals surface area contributed by atoms with Gasteiger partial charge in [0.2, 0.25) is 5.95 Å². The number of nitrogens with zero attached hydrogens (tertiary/aromatic N) is 5. The van der Waals surface area contributed by atoms with Crippen molar-refractivity contribution in [2.24, 2.45) is 7.05 Å². The average Bonchev–Trinajstić information content (AvgIpc) is 2.81. The van der Waals surface area contributed by atoms with Crippen molar-refractivity contribution < 1.29 is 4.79 Å². The molecule has 1 amide bonds. The molecule has 0 saturated carbocycles. The van der Waals surface area contributed by atoms with Crippen LogP contribution in [0.25, 0.3) is 0 Å². The molecule has 0 bridgehead atoms. The first-order valence-electron chi connectivity index (χ1n) is 7.95. The minimum atomic E-state index is -0.178. The third kappa shape index (κ3) is 3.18. The maximum absolute atomic E-state index is 12.4. The van der Waals surface area contributed by atoms with E-state index in [1.165, 1.54) is 19.3 Å². The quantitative estimate of drug-likeness (QED) is 0.938. The topological polar surface area (TPSA) is 75.9 Å². The van der Waals surface area contributed by atoms with E-state index in [0.717, 1.165) is 24.7 Å². The lowest BCUT2D eigenvalue weighted by molar-refractivity contribution is 0.102. The highest BCUT2D eigenvalue weighted by molar-refractivity contribution is 6.05. The SMILES string of the molecule is Cc1nn(C)c(C)c1C(=O)Nc1cnc(N2CCCCC2)nc1. The van der Waals surface area contributed by atoms with Crippen LogP contribution in [0.3, 0.4) is 0 Å². The summed E-state index contributed by atoms with van der Waals surface area (Å²) in [6, 6.07) is 0. The van der Waals surface area contributed by atoms with Crippen molar-refractivity contribution in [3.05, 3.63) is 29.3 Å². The van der Waals surface area contributed by atoms with Crippen LogP contribution in [0.1, 0.15) is 41.0 Å². The van der Waals surface area contributed by atoms with Crippen LogP contribution in [-0.2, 0) is 7.05 Å². The lowest BCUT2D eigenvalue weighted by atomic mass is 10.1. The summed E-state index contributed by atoms with van der Waals surface area (Å²) in [6.07, 6.45) is 6.96. The van der Waals surface area contributed by atoms with Gasteiger partial charge in [-0.2, -0.15) is 5.10 Å². The molecule has 7 heteroatoms. The molecule has 122 valence electrons. The number of aromatic nitrogens is 4. The van der Waals surface area contributed by atoms with Gasteiger partial charge in [-0.25, -0.2) is 9.97 Å². The van der Waals surface area contributed by atoms with Gasteiger partial charge in [0.05, 0.1) is 29.3 Å². The van der Waals surface area contributed by atoms with Crippen LogP contribution in [0.5, 0.6) is 0 Å². The molecule has 7 nitrogen and oxygen atoms in total. The maximum atomic E-state index is 12.4. The summed E-state index contributed by atoms with van der Waals surface area (Å²) < 4.78 is 1.71. The van der Waals surface area contributed by atoms with Crippen LogP contribution in [0, 0.1) is 13.8 Å². The summed E-state index contributed by atoms with van der Waals surface area (Å²) in [5.41, 5.74) is 2.75. The summed E-state index contributed by atoms with van der Waals surface area (Å²) in [7, 11) is 1.83. The highest BCUT2D eigenvalue weighted by atomic mass is 16.1. The van der Waals surface area contributed by atoms with Crippen molar-refractivity contribution in [1.82, 2.24) is 19.7 Å². The molecule has 0 atom stereocenters. The van der Waals surface area contributed by atoms with Gasteiger partial charge in [-0.1, -0.05) is 0 Å². The molecule has 3 rings (SSSR count). The van der Waals surface area contributed by atoms with E-state index in [0.29, 0.717) is 16.9 Å². The lowest BCUT2D eigenvalue weighted by Crippen LogP contribution is -2.30. The second-order valence-corrected chi connectivity index (χ2v) is 5.94. The fourth-order valence-corrected chi connectivity index (χ4v) is 2.94. The number of nitrogens with one attached hydrogen (secondary N) is 1. The molecule has 1 saturated heterocycles. The molecule has 3 heterocycles. The Hall–Kier alpha value is -2.44. The summed E-state index contributed by atoms with van der Waals surface area (Å²) >= 11 is 0. The summed E-state index contributed by atoms with van der Waals surface area (Å²) in [5, 5.41) is 7.11. The predicted octanol–water partition coefficient (Wildman–Crippen LogP) is 2.07. The van der Waals surface area contributed by atoms with Gasteiger partial charge in [-0.05, 0) is 33.1 Å². The zero-order chi connectivity index (χ0) is 16.4. The van der Waals surface area contributed by atoms with Crippen molar-refractivity contribution in [3.8, 4) is 0 Å². The van der Waals surface area contributed by atoms with Gasteiger partial charge in [0.1, 0.15) is 0 Å². The zero-order valence-electron chi connectivity index (χ0n) is 13.8. The predicted molar refractivity (Wildman–Crippen MR) is 88.7 cm³/mol. The summed E-state index contributed by atoms with van der Waals surface area (Å²) in [5.74, 6) is 0.555. The molecule has 1 fully saturated rings. The zero-order valence-corrected chi connectivity index (χ0v) is 13.8. The molecule has 2 aromatic heterocycles. The average molecular weight is 314 g/mol. The Morgan fingerprint density at radius 3 is 2.35 bits per heavy atom. The molecule has 0 radical (unpaired) electrons. The van der Waals surface area contributed by atoms with E-state index < -0.39 is 0 Å². The van der Waals surface area contributed by atoms with Gasteiger partial charge in [0.15, 0.2) is 0 Å². The molecular weight excluding hydrogens is 292 g/mol. The smallest absolute Gasteiger partial charge is 0.259 e. The number of carbonyl (C=O) groups is 1. The van der Waals surface area contributed by atoms with Crippen molar-refractivity contribution in [1.29, 1.82) is 0 Å². The molecule has 0 aromatic carbocycles. The Morgan fingerprint density at radius 2 is 1.78 bits per heavy atom. The molecule has 1 aliphatic heterocycles. The normalized spacial score (nSPS) is 14.8. The van der Waals surface area contributed by atoms with Crippen LogP contribution in [0.15, 0.2) is 12.4 Å². The Labute approximate surface area is 135 Å². The fourth-order valence-electron chi connectivity index (χ4n) is 2.94. The number of hydrogen-bond donors (Lipinski definition) is 1. The van der Waals surface area contributed by atoms with Gasteiger partial charge in [-0.3, -0.25) is 9.48 Å². The first-order valence-corrected chi connectivity index (χ1v) is 7.95. The molecule has 2 aromatic rings. The van der Waals surface area contributed by atoms with E-state index in [2.05, 4.69) is 25.3 Å².